The van der Waals surface area contributed by atoms with E-state index in [-0.39, 0.29) is 0 Å². The van der Waals surface area contributed by atoms with E-state index in [1.165, 1.54) is 93.2 Å². The highest BCUT2D eigenvalue weighted by atomic mass is 15.0. The van der Waals surface area contributed by atoms with Crippen molar-refractivity contribution in [2.45, 2.75) is 0 Å². The minimum absolute atomic E-state index is 1.18. The number of para-hydroxylation sites is 1. The summed E-state index contributed by atoms with van der Waals surface area (Å²) in [7, 11) is 0. The van der Waals surface area contributed by atoms with Gasteiger partial charge >= 0.3 is 0 Å². The highest BCUT2D eigenvalue weighted by Gasteiger charge is 2.14. The van der Waals surface area contributed by atoms with E-state index in [4.69, 9.17) is 0 Å². The van der Waals surface area contributed by atoms with Crippen molar-refractivity contribution in [3.8, 4) is 39.1 Å². The third-order valence-electron chi connectivity index (χ3n) is 10.2. The molecule has 0 atom stereocenters. The number of benzene rings is 9. The van der Waals surface area contributed by atoms with Crippen LogP contribution >= 0.6 is 0 Å². The van der Waals surface area contributed by atoms with E-state index in [0.29, 0.717) is 0 Å². The molecule has 0 bridgehead atoms. The van der Waals surface area contributed by atoms with Gasteiger partial charge in [-0.25, -0.2) is 0 Å². The summed E-state index contributed by atoms with van der Waals surface area (Å²) in [5, 5.41) is 10.2. The Labute approximate surface area is 284 Å². The van der Waals surface area contributed by atoms with Crippen molar-refractivity contribution in [2.75, 3.05) is 0 Å². The lowest BCUT2D eigenvalue weighted by molar-refractivity contribution is 1.19. The summed E-state index contributed by atoms with van der Waals surface area (Å²) in [5.41, 5.74) is 11.0. The normalized spacial score (nSPS) is 11.7. The van der Waals surface area contributed by atoms with Crippen molar-refractivity contribution in [2.24, 2.45) is 0 Å². The van der Waals surface area contributed by atoms with Crippen molar-refractivity contribution < 1.29 is 0 Å². The van der Waals surface area contributed by atoms with Crippen LogP contribution in [0.5, 0.6) is 0 Å². The van der Waals surface area contributed by atoms with E-state index in [9.17, 15) is 0 Å². The van der Waals surface area contributed by atoms with Gasteiger partial charge in [0.1, 0.15) is 0 Å². The maximum absolute atomic E-state index is 2.40. The SMILES string of the molecule is c1ccc2cc(-n3c4ccccc4c4cc(-c5ccc(-c6ccc(-c7ccc8c(ccc9ccccc98)c7)cc6)cc5)ccc43)ccc2c1. The maximum atomic E-state index is 2.40. The van der Waals surface area contributed by atoms with Gasteiger partial charge in [0, 0.05) is 16.5 Å². The molecule has 0 aliphatic heterocycles. The lowest BCUT2D eigenvalue weighted by Crippen LogP contribution is -1.93. The number of rotatable bonds is 4. The van der Waals surface area contributed by atoms with Gasteiger partial charge in [-0.05, 0) is 102 Å². The van der Waals surface area contributed by atoms with E-state index < -0.39 is 0 Å². The predicted molar refractivity (Wildman–Crippen MR) is 210 cm³/mol. The summed E-state index contributed by atoms with van der Waals surface area (Å²) in [4.78, 5) is 0. The second kappa shape index (κ2) is 11.1. The van der Waals surface area contributed by atoms with E-state index >= 15 is 0 Å². The van der Waals surface area contributed by atoms with Crippen LogP contribution in [0.15, 0.2) is 188 Å². The average Bonchev–Trinajstić information content (AvgIpc) is 3.51. The smallest absolute Gasteiger partial charge is 0.0541 e. The Morgan fingerprint density at radius 3 is 1.49 bits per heavy atom. The Morgan fingerprint density at radius 2 is 0.735 bits per heavy atom. The van der Waals surface area contributed by atoms with Gasteiger partial charge in [-0.3, -0.25) is 0 Å². The van der Waals surface area contributed by atoms with Gasteiger partial charge < -0.3 is 4.57 Å². The summed E-state index contributed by atoms with van der Waals surface area (Å²) in [6.45, 7) is 0. The van der Waals surface area contributed by atoms with Crippen molar-refractivity contribution in [1.29, 1.82) is 0 Å². The van der Waals surface area contributed by atoms with Gasteiger partial charge in [0.05, 0.1) is 11.0 Å². The molecule has 10 aromatic rings. The van der Waals surface area contributed by atoms with Gasteiger partial charge in [0.15, 0.2) is 0 Å². The molecule has 0 spiro atoms. The second-order valence-corrected chi connectivity index (χ2v) is 13.0. The fourth-order valence-corrected chi connectivity index (χ4v) is 7.65. The van der Waals surface area contributed by atoms with Crippen molar-refractivity contribution in [3.63, 3.8) is 0 Å². The van der Waals surface area contributed by atoms with Crippen LogP contribution < -0.4 is 0 Å². The Morgan fingerprint density at radius 1 is 0.245 bits per heavy atom. The molecule has 0 radical (unpaired) electrons. The number of hydrogen-bond acceptors (Lipinski definition) is 0. The second-order valence-electron chi connectivity index (χ2n) is 13.0. The number of aromatic nitrogens is 1. The fraction of sp³-hybridized carbons (Fsp3) is 0. The lowest BCUT2D eigenvalue weighted by Gasteiger charge is -2.10. The van der Waals surface area contributed by atoms with Crippen LogP contribution in [0.4, 0.5) is 0 Å². The zero-order valence-corrected chi connectivity index (χ0v) is 26.8. The predicted octanol–water partition coefficient (Wildman–Crippen LogP) is 13.2. The number of hydrogen-bond donors (Lipinski definition) is 0. The van der Waals surface area contributed by atoms with E-state index in [1.54, 1.807) is 0 Å². The van der Waals surface area contributed by atoms with Crippen LogP contribution in [-0.4, -0.2) is 4.57 Å². The first-order chi connectivity index (χ1) is 24.3. The summed E-state index contributed by atoms with van der Waals surface area (Å²) in [6.07, 6.45) is 0. The highest BCUT2D eigenvalue weighted by Crippen LogP contribution is 2.36. The zero-order chi connectivity index (χ0) is 32.3. The van der Waals surface area contributed by atoms with Gasteiger partial charge in [0.2, 0.25) is 0 Å². The Hall–Kier alpha value is -6.44. The summed E-state index contributed by atoms with van der Waals surface area (Å²) in [5.74, 6) is 0. The van der Waals surface area contributed by atoms with E-state index in [2.05, 4.69) is 193 Å². The molecule has 0 aliphatic carbocycles. The monoisotopic (exact) mass is 621 g/mol. The summed E-state index contributed by atoms with van der Waals surface area (Å²) in [6, 6.07) is 68.8. The largest absolute Gasteiger partial charge is 0.309 e. The van der Waals surface area contributed by atoms with Crippen LogP contribution in [-0.2, 0) is 0 Å². The first-order valence-corrected chi connectivity index (χ1v) is 16.9. The molecule has 0 saturated carbocycles. The first kappa shape index (κ1) is 27.7. The molecular weight excluding hydrogens is 591 g/mol. The first-order valence-electron chi connectivity index (χ1n) is 16.9. The minimum Gasteiger partial charge on any atom is -0.309 e. The molecule has 0 fully saturated rings. The molecule has 9 aromatic carbocycles. The van der Waals surface area contributed by atoms with Crippen LogP contribution in [0.1, 0.15) is 0 Å². The Bertz CT molecular complexity index is 2850. The highest BCUT2D eigenvalue weighted by molar-refractivity contribution is 6.11. The van der Waals surface area contributed by atoms with Crippen molar-refractivity contribution >= 4 is 54.1 Å². The molecule has 0 N–H and O–H groups in total. The van der Waals surface area contributed by atoms with Crippen LogP contribution in [0.25, 0.3) is 93.2 Å². The number of fused-ring (bicyclic) bond motifs is 7. The van der Waals surface area contributed by atoms with Crippen LogP contribution in [0.3, 0.4) is 0 Å². The Balaban J connectivity index is 0.964. The third-order valence-corrected chi connectivity index (χ3v) is 10.2. The molecule has 1 aromatic heterocycles. The van der Waals surface area contributed by atoms with Crippen LogP contribution in [0.2, 0.25) is 0 Å². The zero-order valence-electron chi connectivity index (χ0n) is 26.8. The molecule has 0 aliphatic rings. The molecule has 49 heavy (non-hydrogen) atoms. The molecular formula is C48H31N. The maximum Gasteiger partial charge on any atom is 0.0541 e. The molecule has 0 unspecified atom stereocenters. The Kier molecular flexibility index (Phi) is 6.25. The molecule has 1 heteroatoms. The van der Waals surface area contributed by atoms with Gasteiger partial charge in [-0.15, -0.1) is 0 Å². The molecule has 1 nitrogen and oxygen atoms in total. The summed E-state index contributed by atoms with van der Waals surface area (Å²) >= 11 is 0. The van der Waals surface area contributed by atoms with Crippen LogP contribution in [0, 0.1) is 0 Å². The van der Waals surface area contributed by atoms with Crippen molar-refractivity contribution in [3.05, 3.63) is 188 Å². The molecule has 0 amide bonds. The van der Waals surface area contributed by atoms with Crippen molar-refractivity contribution in [1.82, 2.24) is 4.57 Å². The fourth-order valence-electron chi connectivity index (χ4n) is 7.65. The quantitative estimate of drug-likeness (QED) is 0.172. The molecule has 1 heterocycles. The molecule has 10 rings (SSSR count). The minimum atomic E-state index is 1.18. The standard InChI is InChI=1S/C48H31N/c1-2-9-38-30-42(26-23-32(38)7-1)49-47-12-6-5-11-45(47)46-31-40(25-28-48(46)49)36-19-15-34(16-20-36)33-13-17-35(18-14-33)39-24-27-44-41(29-39)22-21-37-8-3-4-10-43(37)44/h1-31H. The van der Waals surface area contributed by atoms with Gasteiger partial charge in [-0.1, -0.05) is 152 Å². The van der Waals surface area contributed by atoms with E-state index in [0.717, 1.165) is 0 Å². The number of nitrogens with zero attached hydrogens (tertiary/aromatic N) is 1. The lowest BCUT2D eigenvalue weighted by atomic mass is 9.95. The van der Waals surface area contributed by atoms with E-state index in [1.807, 2.05) is 0 Å². The van der Waals surface area contributed by atoms with Gasteiger partial charge in [0.25, 0.3) is 0 Å². The molecule has 228 valence electrons. The van der Waals surface area contributed by atoms with Gasteiger partial charge in [-0.2, -0.15) is 0 Å². The average molecular weight is 622 g/mol. The topological polar surface area (TPSA) is 4.93 Å². The summed E-state index contributed by atoms with van der Waals surface area (Å²) < 4.78 is 2.40. The molecule has 0 saturated heterocycles. The third kappa shape index (κ3) is 4.63.